The van der Waals surface area contributed by atoms with Crippen molar-refractivity contribution in [3.05, 3.63) is 46.3 Å². The van der Waals surface area contributed by atoms with Crippen LogP contribution in [0.25, 0.3) is 11.3 Å². The van der Waals surface area contributed by atoms with Crippen LogP contribution in [0, 0.1) is 0 Å². The summed E-state index contributed by atoms with van der Waals surface area (Å²) >= 11 is 13.0. The van der Waals surface area contributed by atoms with E-state index in [-0.39, 0.29) is 22.1 Å². The van der Waals surface area contributed by atoms with E-state index in [1.165, 1.54) is 7.11 Å². The summed E-state index contributed by atoms with van der Waals surface area (Å²) in [5.74, 6) is -0.643. The summed E-state index contributed by atoms with van der Waals surface area (Å²) < 4.78 is 4.91. The van der Waals surface area contributed by atoms with Crippen molar-refractivity contribution >= 4 is 35.2 Å². The minimum atomic E-state index is -1.10. The first-order valence-corrected chi connectivity index (χ1v) is 10.6. The van der Waals surface area contributed by atoms with Crippen molar-refractivity contribution in [2.24, 2.45) is 0 Å². The average molecular weight is 466 g/mol. The maximum Gasteiger partial charge on any atom is 0.333 e. The van der Waals surface area contributed by atoms with Crippen LogP contribution in [0.2, 0.25) is 10.0 Å². The molecular weight excluding hydrogens is 441 g/mol. The van der Waals surface area contributed by atoms with Gasteiger partial charge in [0.05, 0.1) is 29.0 Å². The number of hydrogen-bond acceptors (Lipinski definition) is 6. The lowest BCUT2D eigenvalue weighted by molar-refractivity contribution is -0.143. The number of aromatic nitrogens is 2. The number of carbonyl (C=O) groups is 2. The van der Waals surface area contributed by atoms with E-state index in [9.17, 15) is 9.59 Å². The Hall–Kier alpha value is -2.42. The van der Waals surface area contributed by atoms with Gasteiger partial charge in [-0.05, 0) is 33.0 Å². The van der Waals surface area contributed by atoms with Gasteiger partial charge in [0.2, 0.25) is 0 Å². The van der Waals surface area contributed by atoms with Crippen LogP contribution < -0.4 is 5.32 Å². The molecule has 1 atom stereocenters. The molecule has 8 nitrogen and oxygen atoms in total. The Labute approximate surface area is 191 Å². The molecule has 1 aliphatic rings. The van der Waals surface area contributed by atoms with Crippen molar-refractivity contribution in [3.63, 3.8) is 0 Å². The third-order valence-electron chi connectivity index (χ3n) is 5.52. The zero-order chi connectivity index (χ0) is 22.5. The number of esters is 1. The van der Waals surface area contributed by atoms with Gasteiger partial charge in [0.1, 0.15) is 0 Å². The monoisotopic (exact) mass is 465 g/mol. The number of piperidine rings is 1. The number of nitrogens with one attached hydrogen (secondary N) is 1. The van der Waals surface area contributed by atoms with Gasteiger partial charge in [-0.25, -0.2) is 9.59 Å². The molecule has 1 aromatic heterocycles. The Balaban J connectivity index is 1.85. The molecule has 31 heavy (non-hydrogen) atoms. The molecular formula is C21H25Cl2N5O3. The number of urea groups is 1. The fourth-order valence-corrected chi connectivity index (χ4v) is 4.12. The third kappa shape index (κ3) is 5.26. The highest BCUT2D eigenvalue weighted by atomic mass is 35.5. The maximum absolute atomic E-state index is 12.9. The highest BCUT2D eigenvalue weighted by Gasteiger charge is 2.31. The van der Waals surface area contributed by atoms with E-state index < -0.39 is 12.0 Å². The van der Waals surface area contributed by atoms with E-state index >= 15 is 0 Å². The van der Waals surface area contributed by atoms with Crippen molar-refractivity contribution < 1.29 is 14.3 Å². The topological polar surface area (TPSA) is 87.7 Å². The molecule has 0 radical (unpaired) electrons. The minimum absolute atomic E-state index is 0.0904. The summed E-state index contributed by atoms with van der Waals surface area (Å²) in [6.07, 6.45) is 6.39. The number of likely N-dealkylation sites (tertiary alicyclic amines) is 1. The number of amides is 2. The normalized spacial score (nSPS) is 15.9. The zero-order valence-electron chi connectivity index (χ0n) is 17.6. The molecule has 1 aliphatic heterocycles. The lowest BCUT2D eigenvalue weighted by Crippen LogP contribution is -2.49. The first-order valence-electron chi connectivity index (χ1n) is 9.87. The van der Waals surface area contributed by atoms with Gasteiger partial charge in [-0.2, -0.15) is 0 Å². The molecule has 1 fully saturated rings. The number of methoxy groups -OCH3 is 1. The smallest absolute Gasteiger partial charge is 0.333 e. The standard InChI is InChI=1S/C21H25Cl2N5O3/c1-27-10-6-13(7-11-27)28(2)21(30)26-19(20(29)31-3)15-5-4-14(17(22)18(15)23)16-12-24-8-9-25-16/h4-5,8-9,12-13,19H,6-7,10-11H2,1-3H3,(H,26,30). The predicted molar refractivity (Wildman–Crippen MR) is 119 cm³/mol. The Morgan fingerprint density at radius 1 is 1.23 bits per heavy atom. The number of ether oxygens (including phenoxy) is 1. The SMILES string of the molecule is COC(=O)C(NC(=O)N(C)C1CCN(C)CC1)c1ccc(-c2cnccn2)c(Cl)c1Cl. The number of halogens is 2. The molecule has 0 spiro atoms. The molecule has 0 bridgehead atoms. The molecule has 1 unspecified atom stereocenters. The van der Waals surface area contributed by atoms with Gasteiger partial charge >= 0.3 is 12.0 Å². The fourth-order valence-electron chi connectivity index (χ4n) is 3.58. The number of carbonyl (C=O) groups excluding carboxylic acids is 2. The molecule has 3 rings (SSSR count). The summed E-state index contributed by atoms with van der Waals surface area (Å²) in [6, 6.07) is 1.93. The summed E-state index contributed by atoms with van der Waals surface area (Å²) in [6.45, 7) is 1.82. The van der Waals surface area contributed by atoms with Gasteiger partial charge in [0, 0.05) is 36.6 Å². The lowest BCUT2D eigenvalue weighted by Gasteiger charge is -2.35. The molecule has 2 amide bonds. The van der Waals surface area contributed by atoms with Crippen molar-refractivity contribution in [1.29, 1.82) is 0 Å². The van der Waals surface area contributed by atoms with E-state index in [4.69, 9.17) is 27.9 Å². The van der Waals surface area contributed by atoms with Gasteiger partial charge in [0.25, 0.3) is 0 Å². The molecule has 166 valence electrons. The summed E-state index contributed by atoms with van der Waals surface area (Å²) in [5.41, 5.74) is 1.46. The van der Waals surface area contributed by atoms with E-state index in [2.05, 4.69) is 27.2 Å². The highest BCUT2D eigenvalue weighted by Crippen LogP contribution is 2.37. The van der Waals surface area contributed by atoms with Gasteiger partial charge in [-0.1, -0.05) is 35.3 Å². The Kier molecular flexibility index (Phi) is 7.69. The Morgan fingerprint density at radius 2 is 1.94 bits per heavy atom. The summed E-state index contributed by atoms with van der Waals surface area (Å²) in [4.78, 5) is 37.6. The van der Waals surface area contributed by atoms with Crippen LogP contribution in [0.15, 0.2) is 30.7 Å². The second-order valence-electron chi connectivity index (χ2n) is 7.47. The van der Waals surface area contributed by atoms with Gasteiger partial charge in [0.15, 0.2) is 6.04 Å². The molecule has 1 N–H and O–H groups in total. The van der Waals surface area contributed by atoms with Crippen LogP contribution in [0.4, 0.5) is 4.79 Å². The molecule has 0 aliphatic carbocycles. The third-order valence-corrected chi connectivity index (χ3v) is 6.42. The number of rotatable bonds is 5. The van der Waals surface area contributed by atoms with Crippen molar-refractivity contribution in [2.75, 3.05) is 34.3 Å². The summed E-state index contributed by atoms with van der Waals surface area (Å²) in [5, 5.41) is 3.10. The number of benzene rings is 1. The second kappa shape index (κ2) is 10.3. The Morgan fingerprint density at radius 3 is 2.55 bits per heavy atom. The van der Waals surface area contributed by atoms with Gasteiger partial charge in [-0.15, -0.1) is 0 Å². The van der Waals surface area contributed by atoms with Crippen LogP contribution in [0.5, 0.6) is 0 Å². The molecule has 10 heteroatoms. The van der Waals surface area contributed by atoms with Crippen molar-refractivity contribution in [3.8, 4) is 11.3 Å². The molecule has 0 saturated carbocycles. The largest absolute Gasteiger partial charge is 0.467 e. The maximum atomic E-state index is 12.9. The number of hydrogen-bond donors (Lipinski definition) is 1. The van der Waals surface area contributed by atoms with Crippen LogP contribution in [-0.2, 0) is 9.53 Å². The summed E-state index contributed by atoms with van der Waals surface area (Å²) in [7, 11) is 5.04. The van der Waals surface area contributed by atoms with E-state index in [0.717, 1.165) is 25.9 Å². The fraction of sp³-hybridized carbons (Fsp3) is 0.429. The predicted octanol–water partition coefficient (Wildman–Crippen LogP) is 3.40. The van der Waals surface area contributed by atoms with Crippen LogP contribution in [0.1, 0.15) is 24.4 Å². The molecule has 1 saturated heterocycles. The second-order valence-corrected chi connectivity index (χ2v) is 8.23. The van der Waals surface area contributed by atoms with Crippen LogP contribution >= 0.6 is 23.2 Å². The molecule has 2 aromatic rings. The lowest BCUT2D eigenvalue weighted by atomic mass is 10.0. The molecule has 1 aromatic carbocycles. The zero-order valence-corrected chi connectivity index (χ0v) is 19.2. The van der Waals surface area contributed by atoms with Crippen molar-refractivity contribution in [2.45, 2.75) is 24.9 Å². The van der Waals surface area contributed by atoms with Gasteiger partial charge in [-0.3, -0.25) is 9.97 Å². The number of nitrogens with zero attached hydrogens (tertiary/aromatic N) is 4. The van der Waals surface area contributed by atoms with E-state index in [1.807, 2.05) is 0 Å². The van der Waals surface area contributed by atoms with E-state index in [0.29, 0.717) is 16.8 Å². The van der Waals surface area contributed by atoms with Crippen molar-refractivity contribution in [1.82, 2.24) is 25.1 Å². The Bertz CT molecular complexity index is 936. The van der Waals surface area contributed by atoms with Gasteiger partial charge < -0.3 is 19.9 Å². The average Bonchev–Trinajstić information content (AvgIpc) is 2.79. The first kappa shape index (κ1) is 23.2. The molecule has 2 heterocycles. The van der Waals surface area contributed by atoms with Crippen LogP contribution in [0.3, 0.4) is 0 Å². The van der Waals surface area contributed by atoms with E-state index in [1.54, 1.807) is 42.7 Å². The first-order chi connectivity index (χ1) is 14.8. The minimum Gasteiger partial charge on any atom is -0.467 e. The highest BCUT2D eigenvalue weighted by molar-refractivity contribution is 6.44. The quantitative estimate of drug-likeness (QED) is 0.680. The van der Waals surface area contributed by atoms with Crippen LogP contribution in [-0.4, -0.2) is 72.1 Å².